The molecule has 4 rings (SSSR count). The minimum Gasteiger partial charge on any atom is -0.496 e. The lowest BCUT2D eigenvalue weighted by Crippen LogP contribution is -2.22. The Morgan fingerprint density at radius 1 is 1.05 bits per heavy atom. The minimum atomic E-state index is -3.14. The van der Waals surface area contributed by atoms with Gasteiger partial charge in [-0.25, -0.2) is 13.1 Å². The number of methoxy groups -OCH3 is 1. The number of carbonyl (C=O) groups is 1. The number of sulfonamides is 1. The molecule has 1 heterocycles. The molecule has 1 aliphatic carbocycles. The fraction of sp³-hybridized carbons (Fsp3) is 0.355. The Kier molecular flexibility index (Phi) is 8.19. The molecule has 0 saturated heterocycles. The van der Waals surface area contributed by atoms with Crippen LogP contribution in [0.15, 0.2) is 60.8 Å². The van der Waals surface area contributed by atoms with Crippen LogP contribution in [-0.4, -0.2) is 39.1 Å². The zero-order valence-electron chi connectivity index (χ0n) is 22.8. The largest absolute Gasteiger partial charge is 0.496 e. The number of pyridine rings is 1. The highest BCUT2D eigenvalue weighted by Gasteiger charge is 2.26. The number of Topliss-reactive ketones (excluding diaryl/α,β-unsaturated/α-hetero) is 1. The highest BCUT2D eigenvalue weighted by Crippen LogP contribution is 2.42. The van der Waals surface area contributed by atoms with Crippen molar-refractivity contribution in [2.24, 2.45) is 0 Å². The molecule has 0 aliphatic heterocycles. The van der Waals surface area contributed by atoms with E-state index in [0.29, 0.717) is 18.5 Å². The highest BCUT2D eigenvalue weighted by atomic mass is 32.2. The van der Waals surface area contributed by atoms with E-state index in [0.717, 1.165) is 58.2 Å². The molecule has 0 unspecified atom stereocenters. The molecule has 0 fully saturated rings. The standard InChI is InChI=1S/C31H36N2O4S/c1-31(2,3)27-19-25(24-11-6-7-12-28(24)34)29-26(30(27)37-4)18-23(20-32-29)22-15-13-21(14-16-22)10-8-9-17-33-38(5,35)36/h6-7,11,13-16,18-20,33H,8-10,12,17H2,1-5H3. The van der Waals surface area contributed by atoms with Crippen LogP contribution in [0.5, 0.6) is 5.75 Å². The molecule has 0 radical (unpaired) electrons. The van der Waals surface area contributed by atoms with E-state index in [2.05, 4.69) is 61.9 Å². The van der Waals surface area contributed by atoms with Gasteiger partial charge in [-0.05, 0) is 47.9 Å². The SMILES string of the molecule is COc1c(C(C)(C)C)cc(C2=CC=CCC2=O)c2ncc(-c3ccc(CCCCNS(C)(=O)=O)cc3)cc12. The van der Waals surface area contributed by atoms with Crippen molar-refractivity contribution in [3.05, 3.63) is 77.5 Å². The summed E-state index contributed by atoms with van der Waals surface area (Å²) in [6, 6.07) is 12.6. The molecule has 0 bridgehead atoms. The van der Waals surface area contributed by atoms with Crippen LogP contribution in [0.1, 0.15) is 56.7 Å². The third-order valence-electron chi connectivity index (χ3n) is 6.77. The molecule has 2 aromatic carbocycles. The average molecular weight is 533 g/mol. The van der Waals surface area contributed by atoms with Gasteiger partial charge in [0.1, 0.15) is 5.75 Å². The molecule has 1 N–H and O–H groups in total. The van der Waals surface area contributed by atoms with Crippen molar-refractivity contribution in [2.75, 3.05) is 19.9 Å². The second kappa shape index (κ2) is 11.2. The number of rotatable bonds is 9. The lowest BCUT2D eigenvalue weighted by molar-refractivity contribution is -0.113. The van der Waals surface area contributed by atoms with E-state index in [-0.39, 0.29) is 11.2 Å². The van der Waals surface area contributed by atoms with E-state index < -0.39 is 10.0 Å². The molecular formula is C31H36N2O4S. The number of benzene rings is 2. The van der Waals surface area contributed by atoms with Gasteiger partial charge in [0.2, 0.25) is 10.0 Å². The molecule has 1 aliphatic rings. The molecule has 200 valence electrons. The maximum absolute atomic E-state index is 12.8. The lowest BCUT2D eigenvalue weighted by atomic mass is 9.82. The zero-order chi connectivity index (χ0) is 27.5. The summed E-state index contributed by atoms with van der Waals surface area (Å²) in [5.74, 6) is 0.872. The topological polar surface area (TPSA) is 85.4 Å². The second-order valence-corrected chi connectivity index (χ2v) is 12.7. The number of nitrogens with zero attached hydrogens (tertiary/aromatic N) is 1. The van der Waals surface area contributed by atoms with E-state index in [9.17, 15) is 13.2 Å². The van der Waals surface area contributed by atoms with Crippen molar-refractivity contribution in [3.63, 3.8) is 0 Å². The van der Waals surface area contributed by atoms with Gasteiger partial charge in [-0.1, -0.05) is 63.3 Å². The number of nitrogens with one attached hydrogen (secondary N) is 1. The van der Waals surface area contributed by atoms with Crippen molar-refractivity contribution in [1.82, 2.24) is 9.71 Å². The van der Waals surface area contributed by atoms with Gasteiger partial charge in [-0.2, -0.15) is 0 Å². The summed E-state index contributed by atoms with van der Waals surface area (Å²) in [5.41, 5.74) is 6.33. The summed E-state index contributed by atoms with van der Waals surface area (Å²) in [6.07, 6.45) is 11.7. The van der Waals surface area contributed by atoms with Crippen LogP contribution in [0.3, 0.4) is 0 Å². The van der Waals surface area contributed by atoms with Gasteiger partial charge < -0.3 is 4.74 Å². The molecule has 0 saturated carbocycles. The highest BCUT2D eigenvalue weighted by molar-refractivity contribution is 7.88. The van der Waals surface area contributed by atoms with Gasteiger partial charge in [0.25, 0.3) is 0 Å². The quantitative estimate of drug-likeness (QED) is 0.342. The summed E-state index contributed by atoms with van der Waals surface area (Å²) in [4.78, 5) is 17.7. The molecule has 7 heteroatoms. The van der Waals surface area contributed by atoms with E-state index in [4.69, 9.17) is 9.72 Å². The van der Waals surface area contributed by atoms with Crippen LogP contribution in [0, 0.1) is 0 Å². The summed E-state index contributed by atoms with van der Waals surface area (Å²) in [6.45, 7) is 6.89. The first-order valence-electron chi connectivity index (χ1n) is 12.9. The summed E-state index contributed by atoms with van der Waals surface area (Å²) >= 11 is 0. The maximum Gasteiger partial charge on any atom is 0.208 e. The molecule has 0 spiro atoms. The van der Waals surface area contributed by atoms with Gasteiger partial charge in [0.15, 0.2) is 5.78 Å². The van der Waals surface area contributed by atoms with Crippen LogP contribution >= 0.6 is 0 Å². The number of hydrogen-bond acceptors (Lipinski definition) is 5. The van der Waals surface area contributed by atoms with Gasteiger partial charge in [-0.15, -0.1) is 0 Å². The molecule has 38 heavy (non-hydrogen) atoms. The smallest absolute Gasteiger partial charge is 0.208 e. The van der Waals surface area contributed by atoms with Gasteiger partial charge in [0.05, 0.1) is 18.9 Å². The Morgan fingerprint density at radius 3 is 2.42 bits per heavy atom. The Balaban J connectivity index is 1.68. The van der Waals surface area contributed by atoms with Crippen LogP contribution < -0.4 is 9.46 Å². The fourth-order valence-electron chi connectivity index (χ4n) is 4.77. The predicted octanol–water partition coefficient (Wildman–Crippen LogP) is 5.99. The first-order chi connectivity index (χ1) is 18.0. The summed E-state index contributed by atoms with van der Waals surface area (Å²) < 4.78 is 30.9. The van der Waals surface area contributed by atoms with Crippen molar-refractivity contribution >= 4 is 32.3 Å². The number of hydrogen-bond donors (Lipinski definition) is 1. The number of fused-ring (bicyclic) bond motifs is 1. The summed E-state index contributed by atoms with van der Waals surface area (Å²) in [7, 11) is -1.45. The van der Waals surface area contributed by atoms with Crippen molar-refractivity contribution in [1.29, 1.82) is 0 Å². The third-order valence-corrected chi connectivity index (χ3v) is 7.50. The van der Waals surface area contributed by atoms with Gasteiger partial charge in [0, 0.05) is 46.8 Å². The van der Waals surface area contributed by atoms with E-state index in [1.807, 2.05) is 24.4 Å². The van der Waals surface area contributed by atoms with Crippen LogP contribution in [0.2, 0.25) is 0 Å². The third kappa shape index (κ3) is 6.40. The van der Waals surface area contributed by atoms with Gasteiger partial charge in [-0.3, -0.25) is 9.78 Å². The molecule has 1 aromatic heterocycles. The average Bonchev–Trinajstić information content (AvgIpc) is 2.87. The number of allylic oxidation sites excluding steroid dienone is 4. The number of aryl methyl sites for hydroxylation is 1. The first-order valence-corrected chi connectivity index (χ1v) is 14.8. The molecule has 0 atom stereocenters. The van der Waals surface area contributed by atoms with Gasteiger partial charge >= 0.3 is 0 Å². The van der Waals surface area contributed by atoms with Crippen molar-refractivity contribution in [3.8, 4) is 16.9 Å². The summed E-state index contributed by atoms with van der Waals surface area (Å²) in [5, 5.41) is 0.887. The monoisotopic (exact) mass is 532 g/mol. The second-order valence-electron chi connectivity index (χ2n) is 10.8. The molecule has 6 nitrogen and oxygen atoms in total. The fourth-order valence-corrected chi connectivity index (χ4v) is 5.29. The Bertz CT molecular complexity index is 1510. The van der Waals surface area contributed by atoms with E-state index >= 15 is 0 Å². The first kappa shape index (κ1) is 27.7. The van der Waals surface area contributed by atoms with E-state index in [1.54, 1.807) is 7.11 Å². The molecule has 3 aromatic rings. The number of ketones is 1. The number of carbonyl (C=O) groups excluding carboxylic acids is 1. The Morgan fingerprint density at radius 2 is 1.79 bits per heavy atom. The van der Waals surface area contributed by atoms with Crippen molar-refractivity contribution in [2.45, 2.75) is 51.9 Å². The maximum atomic E-state index is 12.8. The Hall–Kier alpha value is -3.29. The Labute approximate surface area is 225 Å². The number of aromatic nitrogens is 1. The van der Waals surface area contributed by atoms with Crippen LogP contribution in [0.25, 0.3) is 27.6 Å². The van der Waals surface area contributed by atoms with E-state index in [1.165, 1.54) is 11.8 Å². The molecular weight excluding hydrogens is 496 g/mol. The van der Waals surface area contributed by atoms with Crippen LogP contribution in [0.4, 0.5) is 0 Å². The van der Waals surface area contributed by atoms with Crippen LogP contribution in [-0.2, 0) is 26.7 Å². The minimum absolute atomic E-state index is 0.0902. The lowest BCUT2D eigenvalue weighted by Gasteiger charge is -2.25. The number of ether oxygens (including phenoxy) is 1. The predicted molar refractivity (Wildman–Crippen MR) is 155 cm³/mol. The molecule has 0 amide bonds. The van der Waals surface area contributed by atoms with Crippen molar-refractivity contribution < 1.29 is 17.9 Å². The zero-order valence-corrected chi connectivity index (χ0v) is 23.6. The normalized spacial score (nSPS) is 14.1. The number of unbranched alkanes of at least 4 members (excludes halogenated alkanes) is 1.